The third kappa shape index (κ3) is 5.26. The molecule has 0 saturated heterocycles. The molecule has 4 atom stereocenters. The molecule has 3 aliphatic heterocycles. The van der Waals surface area contributed by atoms with Crippen molar-refractivity contribution in [1.29, 1.82) is 0 Å². The third-order valence-corrected chi connectivity index (χ3v) is 9.61. The quantitative estimate of drug-likeness (QED) is 0.0495. The van der Waals surface area contributed by atoms with Crippen molar-refractivity contribution in [2.45, 2.75) is 36.8 Å². The van der Waals surface area contributed by atoms with Crippen LogP contribution in [0.25, 0.3) is 0 Å². The van der Waals surface area contributed by atoms with E-state index in [0.29, 0.717) is 11.1 Å². The van der Waals surface area contributed by atoms with E-state index < -0.39 is 75.1 Å². The summed E-state index contributed by atoms with van der Waals surface area (Å²) in [6.45, 7) is 0. The van der Waals surface area contributed by atoms with E-state index in [4.69, 9.17) is 18.9 Å². The summed E-state index contributed by atoms with van der Waals surface area (Å²) in [5.74, 6) is -7.82. The first-order valence-electron chi connectivity index (χ1n) is 15.9. The highest BCUT2D eigenvalue weighted by Gasteiger charge is 2.53. The maximum Gasteiger partial charge on any atom is 0.338 e. The number of fused-ring (bicyclic) bond motifs is 8. The fourth-order valence-electron chi connectivity index (χ4n) is 7.07. The van der Waals surface area contributed by atoms with E-state index >= 15 is 0 Å². The predicted octanol–water partition coefficient (Wildman–Crippen LogP) is 5.30. The van der Waals surface area contributed by atoms with Gasteiger partial charge in [0.2, 0.25) is 0 Å². The molecule has 16 nitrogen and oxygen atoms in total. The fourth-order valence-corrected chi connectivity index (χ4v) is 7.07. The Kier molecular flexibility index (Phi) is 7.25. The average molecular weight is 726 g/mol. The number of aromatic hydroxyl groups is 8. The molecule has 2 bridgehead atoms. The molecule has 0 unspecified atom stereocenters. The molecule has 3 aliphatic rings. The molecule has 270 valence electrons. The monoisotopic (exact) mass is 725 g/mol. The van der Waals surface area contributed by atoms with Crippen LogP contribution >= 0.6 is 0 Å². The van der Waals surface area contributed by atoms with Gasteiger partial charge in [-0.3, -0.25) is 10.1 Å². The third-order valence-electron chi connectivity index (χ3n) is 9.61. The van der Waals surface area contributed by atoms with Crippen molar-refractivity contribution < 1.29 is 69.5 Å². The summed E-state index contributed by atoms with van der Waals surface area (Å²) in [6.07, 6.45) is -2.75. The number of non-ortho nitro benzene ring substituents is 1. The van der Waals surface area contributed by atoms with Gasteiger partial charge in [-0.05, 0) is 48.5 Å². The molecule has 0 radical (unpaired) electrons. The lowest BCUT2D eigenvalue weighted by Crippen LogP contribution is -2.47. The van der Waals surface area contributed by atoms with Crippen molar-refractivity contribution in [3.05, 3.63) is 116 Å². The number of carbonyl (C=O) groups excluding carboxylic acids is 1. The van der Waals surface area contributed by atoms with Crippen molar-refractivity contribution in [2.75, 3.05) is 0 Å². The molecular formula is C37H27NO15. The minimum Gasteiger partial charge on any atom is -0.507 e. The second kappa shape index (κ2) is 11.7. The van der Waals surface area contributed by atoms with Crippen molar-refractivity contribution in [3.63, 3.8) is 0 Å². The summed E-state index contributed by atoms with van der Waals surface area (Å²) in [5.41, 5.74) is 0.780. The van der Waals surface area contributed by atoms with E-state index in [-0.39, 0.29) is 63.8 Å². The Hall–Kier alpha value is -7.23. The Labute approximate surface area is 297 Å². The van der Waals surface area contributed by atoms with Gasteiger partial charge in [0.1, 0.15) is 29.1 Å². The van der Waals surface area contributed by atoms with E-state index in [2.05, 4.69) is 0 Å². The molecular weight excluding hydrogens is 698 g/mol. The molecule has 0 fully saturated rings. The van der Waals surface area contributed by atoms with Gasteiger partial charge in [-0.25, -0.2) is 4.79 Å². The molecule has 0 saturated carbocycles. The van der Waals surface area contributed by atoms with E-state index in [1.165, 1.54) is 60.7 Å². The number of nitro groups is 1. The largest absolute Gasteiger partial charge is 0.507 e. The fraction of sp³-hybridized carbons (Fsp3) is 0.162. The Morgan fingerprint density at radius 2 is 1.43 bits per heavy atom. The number of esters is 1. The first kappa shape index (κ1) is 32.9. The number of ether oxygens (including phenoxy) is 4. The highest BCUT2D eigenvalue weighted by molar-refractivity contribution is 5.91. The average Bonchev–Trinajstić information content (AvgIpc) is 3.12. The summed E-state index contributed by atoms with van der Waals surface area (Å²) in [4.78, 5) is 24.7. The number of nitrogens with zero attached hydrogens (tertiary/aromatic N) is 1. The van der Waals surface area contributed by atoms with Crippen LogP contribution in [0, 0.1) is 10.1 Å². The van der Waals surface area contributed by atoms with Crippen LogP contribution in [-0.4, -0.2) is 57.8 Å². The van der Waals surface area contributed by atoms with Crippen LogP contribution in [0.4, 0.5) is 5.69 Å². The van der Waals surface area contributed by atoms with Crippen molar-refractivity contribution in [3.8, 4) is 63.2 Å². The van der Waals surface area contributed by atoms with Crippen LogP contribution in [0.15, 0.2) is 72.8 Å². The Morgan fingerprint density at radius 1 is 0.755 bits per heavy atom. The molecule has 0 amide bonds. The number of nitro benzene ring substituents is 1. The zero-order valence-corrected chi connectivity index (χ0v) is 27.0. The minimum absolute atomic E-state index is 0.0319. The topological polar surface area (TPSA) is 259 Å². The minimum atomic E-state index is -1.66. The van der Waals surface area contributed by atoms with Crippen LogP contribution < -0.4 is 14.2 Å². The first-order chi connectivity index (χ1) is 25.2. The van der Waals surface area contributed by atoms with Crippen molar-refractivity contribution in [2.24, 2.45) is 0 Å². The first-order valence-corrected chi connectivity index (χ1v) is 15.9. The van der Waals surface area contributed by atoms with Gasteiger partial charge in [0, 0.05) is 64.8 Å². The van der Waals surface area contributed by atoms with E-state index in [1.807, 2.05) is 0 Å². The van der Waals surface area contributed by atoms with E-state index in [0.717, 1.165) is 12.1 Å². The summed E-state index contributed by atoms with van der Waals surface area (Å²) in [7, 11) is 0. The van der Waals surface area contributed by atoms with Gasteiger partial charge in [-0.15, -0.1) is 0 Å². The van der Waals surface area contributed by atoms with Gasteiger partial charge < -0.3 is 59.8 Å². The van der Waals surface area contributed by atoms with Crippen LogP contribution in [0.5, 0.6) is 63.2 Å². The molecule has 16 heteroatoms. The van der Waals surface area contributed by atoms with Gasteiger partial charge in [0.25, 0.3) is 11.5 Å². The van der Waals surface area contributed by atoms with Crippen LogP contribution in [0.3, 0.4) is 0 Å². The zero-order chi connectivity index (χ0) is 37.5. The number of hydrogen-bond acceptors (Lipinski definition) is 15. The smallest absolute Gasteiger partial charge is 0.338 e. The Balaban J connectivity index is 1.29. The van der Waals surface area contributed by atoms with Crippen molar-refractivity contribution >= 4 is 11.7 Å². The normalized spacial score (nSPS) is 20.7. The number of phenolic OH excluding ortho intramolecular Hbond substituents is 8. The van der Waals surface area contributed by atoms with Gasteiger partial charge >= 0.3 is 5.97 Å². The highest BCUT2D eigenvalue weighted by Crippen LogP contribution is 2.61. The van der Waals surface area contributed by atoms with Gasteiger partial charge in [0.15, 0.2) is 46.4 Å². The van der Waals surface area contributed by atoms with Crippen LogP contribution in [0.2, 0.25) is 0 Å². The lowest BCUT2D eigenvalue weighted by Gasteiger charge is -2.47. The summed E-state index contributed by atoms with van der Waals surface area (Å²) in [5, 5.41) is 94.0. The highest BCUT2D eigenvalue weighted by atomic mass is 16.7. The maximum absolute atomic E-state index is 13.4. The number of rotatable bonds is 5. The number of carbonyl (C=O) groups is 1. The number of phenols is 8. The molecule has 8 rings (SSSR count). The van der Waals surface area contributed by atoms with E-state index in [9.17, 15) is 55.8 Å². The maximum atomic E-state index is 13.4. The van der Waals surface area contributed by atoms with Crippen molar-refractivity contribution in [1.82, 2.24) is 0 Å². The molecule has 0 spiro atoms. The summed E-state index contributed by atoms with van der Waals surface area (Å²) >= 11 is 0. The van der Waals surface area contributed by atoms with Crippen LogP contribution in [0.1, 0.15) is 56.6 Å². The molecule has 0 aromatic heterocycles. The van der Waals surface area contributed by atoms with Crippen LogP contribution in [-0.2, 0) is 16.9 Å². The number of hydrogen-bond donors (Lipinski definition) is 8. The van der Waals surface area contributed by atoms with Gasteiger partial charge in [-0.1, -0.05) is 6.07 Å². The zero-order valence-electron chi connectivity index (χ0n) is 27.0. The summed E-state index contributed by atoms with van der Waals surface area (Å²) < 4.78 is 25.2. The molecule has 53 heavy (non-hydrogen) atoms. The van der Waals surface area contributed by atoms with Gasteiger partial charge in [0.05, 0.1) is 10.5 Å². The standard InChI is InChI=1S/C37H27NO15/c39-22-4-1-15(7-25(22)42)34-31(50-36(47)16-8-27(44)33(46)28(45)9-16)12-20-24(41)13-30-32(35(20)51-34)21-14-37(53-30,17-2-5-23(40)26(43)10-17)52-29-6-3-18(38(48)49)11-19(21)29/h1-11,13,21,31,34,39-46H,12,14H2/t21-,31-,34-,37-/m1/s1. The molecule has 5 aromatic carbocycles. The van der Waals surface area contributed by atoms with E-state index in [1.54, 1.807) is 0 Å². The predicted molar refractivity (Wildman–Crippen MR) is 178 cm³/mol. The number of benzene rings is 5. The Morgan fingerprint density at radius 3 is 2.11 bits per heavy atom. The second-order valence-electron chi connectivity index (χ2n) is 12.8. The Bertz CT molecular complexity index is 2370. The lowest BCUT2D eigenvalue weighted by molar-refractivity contribution is -0.385. The second-order valence-corrected chi connectivity index (χ2v) is 12.8. The molecule has 5 aromatic rings. The SMILES string of the molecule is O=C(O[C@@H]1Cc2c(O)cc3c(c2O[C@@H]1c1ccc(O)c(O)c1)[C@@H]1C[C@@](c2ccc(O)c(O)c2)(Oc2ccc([N+](=O)[O-])cc21)O3)c1cc(O)c(O)c(O)c1. The molecule has 3 heterocycles. The van der Waals surface area contributed by atoms with Gasteiger partial charge in [-0.2, -0.15) is 0 Å². The summed E-state index contributed by atoms with van der Waals surface area (Å²) in [6, 6.07) is 14.8. The lowest BCUT2D eigenvalue weighted by atomic mass is 9.76. The molecule has 8 N–H and O–H groups in total. The molecule has 0 aliphatic carbocycles.